The van der Waals surface area contributed by atoms with Crippen molar-refractivity contribution in [1.29, 1.82) is 0 Å². The Hall–Kier alpha value is -0.0800. The molecule has 0 aromatic rings. The molecule has 2 nitrogen and oxygen atoms in total. The van der Waals surface area contributed by atoms with Crippen molar-refractivity contribution < 1.29 is 0 Å². The van der Waals surface area contributed by atoms with Crippen LogP contribution in [0, 0.1) is 5.92 Å². The molecule has 0 spiro atoms. The summed E-state index contributed by atoms with van der Waals surface area (Å²) in [5.41, 5.74) is 0. The number of piperidine rings is 1. The van der Waals surface area contributed by atoms with Crippen molar-refractivity contribution in [2.24, 2.45) is 5.92 Å². The molecule has 0 aliphatic carbocycles. The van der Waals surface area contributed by atoms with E-state index in [2.05, 4.69) is 24.2 Å². The molecule has 2 unspecified atom stereocenters. The molecule has 1 N–H and O–H groups in total. The van der Waals surface area contributed by atoms with E-state index < -0.39 is 0 Å². The van der Waals surface area contributed by atoms with Gasteiger partial charge in [-0.25, -0.2) is 0 Å². The third-order valence-electron chi connectivity index (χ3n) is 3.74. The summed E-state index contributed by atoms with van der Waals surface area (Å²) < 4.78 is 0. The predicted molar refractivity (Wildman–Crippen MR) is 55.8 cm³/mol. The van der Waals surface area contributed by atoms with Crippen LogP contribution in [0.5, 0.6) is 0 Å². The van der Waals surface area contributed by atoms with Gasteiger partial charge in [0.2, 0.25) is 0 Å². The van der Waals surface area contributed by atoms with Crippen LogP contribution in [0.2, 0.25) is 0 Å². The Labute approximate surface area is 81.7 Å². The molecular formula is C11H22N2. The van der Waals surface area contributed by atoms with Crippen LogP contribution in [0.4, 0.5) is 0 Å². The Kier molecular flexibility index (Phi) is 2.89. The maximum absolute atomic E-state index is 3.25. The molecule has 0 saturated carbocycles. The fraction of sp³-hybridized carbons (Fsp3) is 1.00. The molecule has 2 aliphatic heterocycles. The maximum Gasteiger partial charge on any atom is 0.0113 e. The zero-order chi connectivity index (χ0) is 9.26. The van der Waals surface area contributed by atoms with Crippen LogP contribution >= 0.6 is 0 Å². The summed E-state index contributed by atoms with van der Waals surface area (Å²) in [5.74, 6) is 0.975. The average Bonchev–Trinajstić information content (AvgIpc) is 2.33. The lowest BCUT2D eigenvalue weighted by molar-refractivity contribution is 0.112. The highest BCUT2D eigenvalue weighted by molar-refractivity contribution is 4.93. The first-order valence-electron chi connectivity index (χ1n) is 5.71. The van der Waals surface area contributed by atoms with Gasteiger partial charge in [0.15, 0.2) is 0 Å². The van der Waals surface area contributed by atoms with Gasteiger partial charge in [-0.1, -0.05) is 6.92 Å². The van der Waals surface area contributed by atoms with Crippen LogP contribution in [-0.4, -0.2) is 37.1 Å². The zero-order valence-electron chi connectivity index (χ0n) is 8.92. The molecule has 2 fully saturated rings. The van der Waals surface area contributed by atoms with Gasteiger partial charge in [0.05, 0.1) is 0 Å². The molecule has 2 bridgehead atoms. The van der Waals surface area contributed by atoms with Crippen LogP contribution in [0.3, 0.4) is 0 Å². The van der Waals surface area contributed by atoms with Crippen LogP contribution in [0.1, 0.15) is 32.6 Å². The number of hydrogen-bond acceptors (Lipinski definition) is 2. The normalized spacial score (nSPS) is 39.7. The molecule has 2 heteroatoms. The highest BCUT2D eigenvalue weighted by Crippen LogP contribution is 2.37. The van der Waals surface area contributed by atoms with Crippen molar-refractivity contribution in [2.75, 3.05) is 20.1 Å². The summed E-state index contributed by atoms with van der Waals surface area (Å²) in [5, 5.41) is 3.25. The van der Waals surface area contributed by atoms with Gasteiger partial charge in [0.25, 0.3) is 0 Å². The van der Waals surface area contributed by atoms with Crippen molar-refractivity contribution in [3.05, 3.63) is 0 Å². The molecule has 2 heterocycles. The number of likely N-dealkylation sites (N-methyl/N-ethyl adjacent to an activating group) is 1. The van der Waals surface area contributed by atoms with E-state index in [0.29, 0.717) is 0 Å². The SMILES string of the molecule is CNCCN1C2CCC1CC(C)C2. The van der Waals surface area contributed by atoms with Gasteiger partial charge in [-0.2, -0.15) is 0 Å². The smallest absolute Gasteiger partial charge is 0.0113 e. The molecule has 2 aliphatic rings. The Bertz CT molecular complexity index is 155. The van der Waals surface area contributed by atoms with Crippen molar-refractivity contribution >= 4 is 0 Å². The second kappa shape index (κ2) is 3.97. The Balaban J connectivity index is 1.90. The van der Waals surface area contributed by atoms with Gasteiger partial charge in [0.1, 0.15) is 0 Å². The topological polar surface area (TPSA) is 15.3 Å². The molecule has 0 amide bonds. The minimum Gasteiger partial charge on any atom is -0.318 e. The highest BCUT2D eigenvalue weighted by Gasteiger charge is 2.38. The second-order valence-corrected chi connectivity index (χ2v) is 4.80. The molecule has 0 aromatic carbocycles. The number of nitrogens with zero attached hydrogens (tertiary/aromatic N) is 1. The summed E-state index contributed by atoms with van der Waals surface area (Å²) in [6.07, 6.45) is 5.80. The maximum atomic E-state index is 3.25. The minimum atomic E-state index is 0.919. The number of fused-ring (bicyclic) bond motifs is 2. The van der Waals surface area contributed by atoms with E-state index in [1.165, 1.54) is 32.2 Å². The lowest BCUT2D eigenvalue weighted by Crippen LogP contribution is -2.44. The molecule has 0 radical (unpaired) electrons. The van der Waals surface area contributed by atoms with Gasteiger partial charge in [0, 0.05) is 25.2 Å². The summed E-state index contributed by atoms with van der Waals surface area (Å²) >= 11 is 0. The molecule has 2 rings (SSSR count). The Morgan fingerprint density at radius 3 is 2.38 bits per heavy atom. The summed E-state index contributed by atoms with van der Waals surface area (Å²) in [4.78, 5) is 2.75. The predicted octanol–water partition coefficient (Wildman–Crippen LogP) is 1.47. The average molecular weight is 182 g/mol. The van der Waals surface area contributed by atoms with Gasteiger partial charge in [-0.05, 0) is 38.6 Å². The third-order valence-corrected chi connectivity index (χ3v) is 3.74. The van der Waals surface area contributed by atoms with Crippen LogP contribution in [0.15, 0.2) is 0 Å². The Morgan fingerprint density at radius 2 is 1.85 bits per heavy atom. The fourth-order valence-electron chi connectivity index (χ4n) is 3.15. The summed E-state index contributed by atoms with van der Waals surface area (Å²) in [6, 6.07) is 1.84. The molecule has 76 valence electrons. The number of hydrogen-bond donors (Lipinski definition) is 1. The lowest BCUT2D eigenvalue weighted by Gasteiger charge is -2.37. The Morgan fingerprint density at radius 1 is 1.23 bits per heavy atom. The summed E-state index contributed by atoms with van der Waals surface area (Å²) in [6.45, 7) is 4.83. The van der Waals surface area contributed by atoms with E-state index >= 15 is 0 Å². The van der Waals surface area contributed by atoms with E-state index in [4.69, 9.17) is 0 Å². The molecule has 2 saturated heterocycles. The lowest BCUT2D eigenvalue weighted by atomic mass is 9.92. The fourth-order valence-corrected chi connectivity index (χ4v) is 3.15. The van der Waals surface area contributed by atoms with Crippen molar-refractivity contribution in [3.8, 4) is 0 Å². The van der Waals surface area contributed by atoms with E-state index in [-0.39, 0.29) is 0 Å². The van der Waals surface area contributed by atoms with Gasteiger partial charge >= 0.3 is 0 Å². The standard InChI is InChI=1S/C11H22N2/c1-9-7-10-3-4-11(8-9)13(10)6-5-12-2/h9-12H,3-8H2,1-2H3. The first kappa shape index (κ1) is 9.47. The molecular weight excluding hydrogens is 160 g/mol. The summed E-state index contributed by atoms with van der Waals surface area (Å²) in [7, 11) is 2.05. The number of rotatable bonds is 3. The molecule has 0 aromatic heterocycles. The van der Waals surface area contributed by atoms with Crippen molar-refractivity contribution in [2.45, 2.75) is 44.7 Å². The van der Waals surface area contributed by atoms with E-state index in [0.717, 1.165) is 24.5 Å². The van der Waals surface area contributed by atoms with Crippen LogP contribution in [0.25, 0.3) is 0 Å². The first-order chi connectivity index (χ1) is 6.31. The monoisotopic (exact) mass is 182 g/mol. The quantitative estimate of drug-likeness (QED) is 0.711. The molecule has 2 atom stereocenters. The van der Waals surface area contributed by atoms with Crippen molar-refractivity contribution in [3.63, 3.8) is 0 Å². The zero-order valence-corrected chi connectivity index (χ0v) is 8.92. The van der Waals surface area contributed by atoms with Gasteiger partial charge in [-0.3, -0.25) is 4.90 Å². The van der Waals surface area contributed by atoms with Gasteiger partial charge < -0.3 is 5.32 Å². The second-order valence-electron chi connectivity index (χ2n) is 4.80. The van der Waals surface area contributed by atoms with Gasteiger partial charge in [-0.15, -0.1) is 0 Å². The first-order valence-corrected chi connectivity index (χ1v) is 5.71. The van der Waals surface area contributed by atoms with E-state index in [9.17, 15) is 0 Å². The number of nitrogens with one attached hydrogen (secondary N) is 1. The van der Waals surface area contributed by atoms with Crippen LogP contribution < -0.4 is 5.32 Å². The third kappa shape index (κ3) is 1.89. The van der Waals surface area contributed by atoms with E-state index in [1.54, 1.807) is 0 Å². The molecule has 13 heavy (non-hydrogen) atoms. The largest absolute Gasteiger partial charge is 0.318 e. The highest BCUT2D eigenvalue weighted by atomic mass is 15.2. The minimum absolute atomic E-state index is 0.919. The van der Waals surface area contributed by atoms with Crippen molar-refractivity contribution in [1.82, 2.24) is 10.2 Å². The van der Waals surface area contributed by atoms with Crippen LogP contribution in [-0.2, 0) is 0 Å². The van der Waals surface area contributed by atoms with E-state index in [1.807, 2.05) is 0 Å².